The number of hydrogen-bond acceptors (Lipinski definition) is 6. The van der Waals surface area contributed by atoms with Crippen molar-refractivity contribution in [2.45, 2.75) is 18.8 Å². The van der Waals surface area contributed by atoms with Gasteiger partial charge in [0.25, 0.3) is 5.91 Å². The molecule has 0 aliphatic rings. The molecule has 0 saturated heterocycles. The molecule has 1 heterocycles. The van der Waals surface area contributed by atoms with Crippen molar-refractivity contribution >= 4 is 39.1 Å². The number of carbonyl (C=O) groups is 1. The third-order valence-corrected chi connectivity index (χ3v) is 5.48. The number of likely N-dealkylation sites (N-methyl/N-ethyl adjacent to an activating group) is 1. The van der Waals surface area contributed by atoms with Gasteiger partial charge in [-0.05, 0) is 30.3 Å². The van der Waals surface area contributed by atoms with Crippen LogP contribution in [0.5, 0.6) is 5.75 Å². The van der Waals surface area contributed by atoms with Crippen molar-refractivity contribution in [1.82, 2.24) is 9.88 Å². The van der Waals surface area contributed by atoms with Gasteiger partial charge in [-0.15, -0.1) is 11.3 Å². The van der Waals surface area contributed by atoms with Crippen LogP contribution < -0.4 is 4.74 Å². The number of rotatable bonds is 6. The number of ether oxygens (including phenoxy) is 1. The first-order chi connectivity index (χ1) is 12.9. The number of aromatic nitrogens is 1. The van der Waals surface area contributed by atoms with Gasteiger partial charge in [-0.1, -0.05) is 23.7 Å². The lowest BCUT2D eigenvalue weighted by Gasteiger charge is -2.23. The van der Waals surface area contributed by atoms with Gasteiger partial charge < -0.3 is 19.8 Å². The lowest BCUT2D eigenvalue weighted by molar-refractivity contribution is -0.145. The number of carbonyl (C=O) groups excluding carboxylic acids is 1. The fraction of sp³-hybridized carbons (Fsp3) is 0.263. The number of fused-ring (bicyclic) bond motifs is 1. The zero-order valence-electron chi connectivity index (χ0n) is 14.8. The Balaban J connectivity index is 1.75. The van der Waals surface area contributed by atoms with E-state index in [1.807, 2.05) is 24.3 Å². The maximum atomic E-state index is 12.6. The minimum Gasteiger partial charge on any atom is -0.496 e. The predicted octanol–water partition coefficient (Wildman–Crippen LogP) is 3.01. The van der Waals surface area contributed by atoms with E-state index in [4.69, 9.17) is 16.3 Å². The maximum absolute atomic E-state index is 12.6. The number of para-hydroxylation sites is 1. The van der Waals surface area contributed by atoms with Crippen LogP contribution in [0, 0.1) is 0 Å². The van der Waals surface area contributed by atoms with Crippen LogP contribution >= 0.6 is 22.9 Å². The Kier molecular flexibility index (Phi) is 5.96. The number of halogens is 1. The summed E-state index contributed by atoms with van der Waals surface area (Å²) < 4.78 is 6.15. The molecule has 27 heavy (non-hydrogen) atoms. The van der Waals surface area contributed by atoms with Crippen molar-refractivity contribution in [1.29, 1.82) is 0 Å². The average molecular weight is 407 g/mol. The molecule has 0 spiro atoms. The summed E-state index contributed by atoms with van der Waals surface area (Å²) in [5.74, 6) is -0.0379. The maximum Gasteiger partial charge on any atom is 0.254 e. The van der Waals surface area contributed by atoms with Gasteiger partial charge in [0.1, 0.15) is 16.9 Å². The molecule has 2 unspecified atom stereocenters. The Morgan fingerprint density at radius 2 is 2.04 bits per heavy atom. The first kappa shape index (κ1) is 19.6. The highest BCUT2D eigenvalue weighted by molar-refractivity contribution is 7.18. The van der Waals surface area contributed by atoms with Crippen LogP contribution in [0.3, 0.4) is 0 Å². The lowest BCUT2D eigenvalue weighted by atomic mass is 10.1. The number of hydrogen-bond donors (Lipinski definition) is 2. The van der Waals surface area contributed by atoms with Gasteiger partial charge in [0, 0.05) is 24.2 Å². The molecule has 1 amide bonds. The topological polar surface area (TPSA) is 82.9 Å². The summed E-state index contributed by atoms with van der Waals surface area (Å²) >= 11 is 7.26. The second-order valence-corrected chi connectivity index (χ2v) is 7.56. The summed E-state index contributed by atoms with van der Waals surface area (Å²) in [5, 5.41) is 21.6. The normalized spacial score (nSPS) is 13.4. The van der Waals surface area contributed by atoms with E-state index in [9.17, 15) is 15.0 Å². The number of thiazole rings is 1. The van der Waals surface area contributed by atoms with E-state index >= 15 is 0 Å². The van der Waals surface area contributed by atoms with Crippen LogP contribution in [0.4, 0.5) is 0 Å². The van der Waals surface area contributed by atoms with Crippen LogP contribution in [0.15, 0.2) is 42.5 Å². The monoisotopic (exact) mass is 406 g/mol. The molecule has 0 radical (unpaired) electrons. The van der Waals surface area contributed by atoms with Gasteiger partial charge in [0.05, 0.1) is 17.3 Å². The summed E-state index contributed by atoms with van der Waals surface area (Å²) in [6, 6.07) is 12.5. The summed E-state index contributed by atoms with van der Waals surface area (Å²) in [6.45, 7) is 0.173. The quantitative estimate of drug-likeness (QED) is 0.657. The van der Waals surface area contributed by atoms with E-state index in [0.29, 0.717) is 26.9 Å². The highest BCUT2D eigenvalue weighted by Gasteiger charge is 2.30. The van der Waals surface area contributed by atoms with Crippen LogP contribution in [0.1, 0.15) is 16.7 Å². The van der Waals surface area contributed by atoms with Crippen LogP contribution in [-0.2, 0) is 11.3 Å². The minimum atomic E-state index is -1.62. The molecule has 0 fully saturated rings. The van der Waals surface area contributed by atoms with E-state index in [1.165, 1.54) is 30.4 Å². The number of aliphatic hydroxyl groups is 2. The third-order valence-electron chi connectivity index (χ3n) is 4.14. The van der Waals surface area contributed by atoms with E-state index in [1.54, 1.807) is 18.2 Å². The first-order valence-electron chi connectivity index (χ1n) is 8.19. The molecule has 2 atom stereocenters. The summed E-state index contributed by atoms with van der Waals surface area (Å²) in [7, 11) is 3.07. The number of nitrogens with zero attached hydrogens (tertiary/aromatic N) is 2. The van der Waals surface area contributed by atoms with Gasteiger partial charge in [-0.2, -0.15) is 0 Å². The fourth-order valence-electron chi connectivity index (χ4n) is 2.72. The van der Waals surface area contributed by atoms with Gasteiger partial charge in [0.2, 0.25) is 0 Å². The van der Waals surface area contributed by atoms with Crippen LogP contribution in [0.2, 0.25) is 5.02 Å². The first-order valence-corrected chi connectivity index (χ1v) is 9.39. The van der Waals surface area contributed by atoms with E-state index < -0.39 is 18.1 Å². The SMILES string of the molecule is COc1ccc(Cl)cc1CN(C)C(=O)C(O)C(O)c1nc2ccccc2s1. The molecule has 1 aromatic heterocycles. The molecule has 142 valence electrons. The zero-order valence-corrected chi connectivity index (χ0v) is 16.4. The molecule has 2 N–H and O–H groups in total. The highest BCUT2D eigenvalue weighted by Crippen LogP contribution is 2.29. The van der Waals surface area contributed by atoms with E-state index in [0.717, 1.165) is 4.70 Å². The smallest absolute Gasteiger partial charge is 0.254 e. The molecular formula is C19H19ClN2O4S. The minimum absolute atomic E-state index is 0.173. The Morgan fingerprint density at radius 3 is 2.74 bits per heavy atom. The molecule has 3 aromatic rings. The second kappa shape index (κ2) is 8.22. The molecular weight excluding hydrogens is 388 g/mol. The fourth-order valence-corrected chi connectivity index (χ4v) is 3.90. The molecule has 0 bridgehead atoms. The van der Waals surface area contributed by atoms with Crippen molar-refractivity contribution < 1.29 is 19.7 Å². The largest absolute Gasteiger partial charge is 0.496 e. The Hall–Kier alpha value is -2.19. The van der Waals surface area contributed by atoms with Gasteiger partial charge >= 0.3 is 0 Å². The standard InChI is InChI=1S/C19H19ClN2O4S/c1-22(10-11-9-12(20)7-8-14(11)26-2)19(25)17(24)16(23)18-21-13-5-3-4-6-15(13)27-18/h3-9,16-17,23-24H,10H2,1-2H3. The zero-order chi connectivity index (χ0) is 19.6. The van der Waals surface area contributed by atoms with Crippen LogP contribution in [-0.4, -0.2) is 46.3 Å². The van der Waals surface area contributed by atoms with Crippen molar-refractivity contribution in [2.75, 3.05) is 14.2 Å². The Labute approximate surface area is 165 Å². The highest BCUT2D eigenvalue weighted by atomic mass is 35.5. The molecule has 6 nitrogen and oxygen atoms in total. The molecule has 0 aliphatic heterocycles. The van der Waals surface area contributed by atoms with Gasteiger partial charge in [-0.3, -0.25) is 4.79 Å². The number of benzene rings is 2. The number of aliphatic hydroxyl groups excluding tert-OH is 2. The Morgan fingerprint density at radius 1 is 1.30 bits per heavy atom. The van der Waals surface area contributed by atoms with Gasteiger partial charge in [-0.25, -0.2) is 4.98 Å². The van der Waals surface area contributed by atoms with Crippen molar-refractivity contribution in [3.8, 4) is 5.75 Å². The molecule has 8 heteroatoms. The number of methoxy groups -OCH3 is 1. The van der Waals surface area contributed by atoms with Crippen molar-refractivity contribution in [3.63, 3.8) is 0 Å². The predicted molar refractivity (Wildman–Crippen MR) is 105 cm³/mol. The van der Waals surface area contributed by atoms with E-state index in [2.05, 4.69) is 4.98 Å². The molecule has 0 aliphatic carbocycles. The van der Waals surface area contributed by atoms with Crippen LogP contribution in [0.25, 0.3) is 10.2 Å². The molecule has 3 rings (SSSR count). The van der Waals surface area contributed by atoms with Gasteiger partial charge in [0.15, 0.2) is 6.10 Å². The average Bonchev–Trinajstić information content (AvgIpc) is 3.10. The summed E-state index contributed by atoms with van der Waals surface area (Å²) in [6.07, 6.45) is -3.03. The lowest BCUT2D eigenvalue weighted by Crippen LogP contribution is -2.39. The summed E-state index contributed by atoms with van der Waals surface area (Å²) in [4.78, 5) is 18.2. The molecule has 0 saturated carbocycles. The van der Waals surface area contributed by atoms with Crippen molar-refractivity contribution in [2.24, 2.45) is 0 Å². The number of amides is 1. The van der Waals surface area contributed by atoms with E-state index in [-0.39, 0.29) is 6.54 Å². The second-order valence-electron chi connectivity index (χ2n) is 6.06. The molecule has 2 aromatic carbocycles. The summed E-state index contributed by atoms with van der Waals surface area (Å²) in [5.41, 5.74) is 1.41. The Bertz CT molecular complexity index is 929. The third kappa shape index (κ3) is 4.22. The van der Waals surface area contributed by atoms with Crippen molar-refractivity contribution in [3.05, 3.63) is 58.1 Å².